The van der Waals surface area contributed by atoms with Crippen LogP contribution in [0.15, 0.2) is 6.20 Å². The van der Waals surface area contributed by atoms with Gasteiger partial charge in [-0.15, -0.1) is 0 Å². The van der Waals surface area contributed by atoms with Crippen molar-refractivity contribution in [3.8, 4) is 0 Å². The third-order valence-electron chi connectivity index (χ3n) is 2.88. The molecule has 0 radical (unpaired) electrons. The number of aromatic amines is 1. The van der Waals surface area contributed by atoms with Crippen LogP contribution in [0.4, 0.5) is 0 Å². The Morgan fingerprint density at radius 2 is 2.50 bits per heavy atom. The zero-order valence-corrected chi connectivity index (χ0v) is 8.83. The van der Waals surface area contributed by atoms with Crippen molar-refractivity contribution in [2.24, 2.45) is 5.73 Å². The summed E-state index contributed by atoms with van der Waals surface area (Å²) in [6, 6.07) is 0.00267. The van der Waals surface area contributed by atoms with Crippen LogP contribution in [0.2, 0.25) is 0 Å². The molecule has 2 heterocycles. The van der Waals surface area contributed by atoms with Gasteiger partial charge in [0, 0.05) is 24.4 Å². The zero-order chi connectivity index (χ0) is 10.1. The Morgan fingerprint density at radius 1 is 1.71 bits per heavy atom. The predicted octanol–water partition coefficient (Wildman–Crippen LogP) is 0.849. The first-order valence-corrected chi connectivity index (χ1v) is 5.15. The molecule has 2 atom stereocenters. The summed E-state index contributed by atoms with van der Waals surface area (Å²) in [6.07, 6.45) is 3.15. The fraction of sp³-hybridized carbons (Fsp3) is 0.700. The van der Waals surface area contributed by atoms with Crippen LogP contribution in [0.25, 0.3) is 0 Å². The van der Waals surface area contributed by atoms with Crippen LogP contribution in [0.5, 0.6) is 0 Å². The quantitative estimate of drug-likeness (QED) is 0.733. The van der Waals surface area contributed by atoms with Gasteiger partial charge in [0.2, 0.25) is 0 Å². The second-order valence-electron chi connectivity index (χ2n) is 4.26. The van der Waals surface area contributed by atoms with Crippen molar-refractivity contribution in [2.75, 3.05) is 20.1 Å². The second-order valence-corrected chi connectivity index (χ2v) is 4.26. The minimum atomic E-state index is 0.00267. The van der Waals surface area contributed by atoms with Gasteiger partial charge in [-0.05, 0) is 26.9 Å². The summed E-state index contributed by atoms with van der Waals surface area (Å²) in [6.45, 7) is 4.25. The van der Waals surface area contributed by atoms with E-state index in [1.807, 2.05) is 13.1 Å². The molecule has 1 aromatic rings. The summed E-state index contributed by atoms with van der Waals surface area (Å²) in [5.74, 6) is 1.51. The summed E-state index contributed by atoms with van der Waals surface area (Å²) in [5, 5.41) is 0. The van der Waals surface area contributed by atoms with Crippen molar-refractivity contribution < 1.29 is 0 Å². The lowest BCUT2D eigenvalue weighted by Gasteiger charge is -2.08. The largest absolute Gasteiger partial charge is 0.344 e. The number of aromatic nitrogens is 2. The average Bonchev–Trinajstić information content (AvgIpc) is 2.70. The van der Waals surface area contributed by atoms with Gasteiger partial charge in [0.25, 0.3) is 0 Å². The standard InChI is InChI=1S/C10H18N4/c1-7(11)10-12-5-9(13-10)8-3-4-14(2)6-8/h5,7-8H,3-4,6,11H2,1-2H3,(H,12,13). The number of nitrogens with one attached hydrogen (secondary N) is 1. The van der Waals surface area contributed by atoms with E-state index in [0.29, 0.717) is 5.92 Å². The van der Waals surface area contributed by atoms with Crippen LogP contribution in [-0.2, 0) is 0 Å². The maximum atomic E-state index is 5.75. The molecule has 1 aromatic heterocycles. The molecule has 0 spiro atoms. The van der Waals surface area contributed by atoms with Gasteiger partial charge in [0.1, 0.15) is 5.82 Å². The van der Waals surface area contributed by atoms with Crippen LogP contribution < -0.4 is 5.73 Å². The Morgan fingerprint density at radius 3 is 3.00 bits per heavy atom. The first-order valence-electron chi connectivity index (χ1n) is 5.15. The Bertz CT molecular complexity index is 305. The normalized spacial score (nSPS) is 25.5. The van der Waals surface area contributed by atoms with E-state index in [1.54, 1.807) is 0 Å². The van der Waals surface area contributed by atoms with E-state index >= 15 is 0 Å². The molecule has 1 aliphatic heterocycles. The topological polar surface area (TPSA) is 57.9 Å². The van der Waals surface area contributed by atoms with E-state index in [4.69, 9.17) is 5.73 Å². The van der Waals surface area contributed by atoms with Gasteiger partial charge in [-0.3, -0.25) is 0 Å². The molecule has 0 saturated carbocycles. The summed E-state index contributed by atoms with van der Waals surface area (Å²) in [4.78, 5) is 9.94. The molecule has 2 rings (SSSR count). The highest BCUT2D eigenvalue weighted by atomic mass is 15.1. The van der Waals surface area contributed by atoms with E-state index in [2.05, 4.69) is 21.9 Å². The number of nitrogens with zero attached hydrogens (tertiary/aromatic N) is 2. The van der Waals surface area contributed by atoms with Gasteiger partial charge in [0.05, 0.1) is 6.04 Å². The fourth-order valence-electron chi connectivity index (χ4n) is 1.98. The number of imidazole rings is 1. The molecule has 0 aromatic carbocycles. The summed E-state index contributed by atoms with van der Waals surface area (Å²) in [5.41, 5.74) is 6.99. The molecule has 14 heavy (non-hydrogen) atoms. The van der Waals surface area contributed by atoms with Gasteiger partial charge in [0.15, 0.2) is 0 Å². The molecular formula is C10H18N4. The Labute approximate surface area is 84.5 Å². The minimum Gasteiger partial charge on any atom is -0.344 e. The number of hydrogen-bond donors (Lipinski definition) is 2. The van der Waals surface area contributed by atoms with E-state index in [1.165, 1.54) is 18.7 Å². The highest BCUT2D eigenvalue weighted by Crippen LogP contribution is 2.25. The first kappa shape index (κ1) is 9.68. The zero-order valence-electron chi connectivity index (χ0n) is 8.83. The third-order valence-corrected chi connectivity index (χ3v) is 2.88. The van der Waals surface area contributed by atoms with Crippen LogP contribution in [0, 0.1) is 0 Å². The number of nitrogens with two attached hydrogens (primary N) is 1. The molecule has 3 N–H and O–H groups in total. The van der Waals surface area contributed by atoms with Gasteiger partial charge in [-0.25, -0.2) is 4.98 Å². The molecular weight excluding hydrogens is 176 g/mol. The van der Waals surface area contributed by atoms with E-state index in [9.17, 15) is 0 Å². The van der Waals surface area contributed by atoms with Crippen molar-refractivity contribution in [1.29, 1.82) is 0 Å². The number of likely N-dealkylation sites (tertiary alicyclic amines) is 1. The monoisotopic (exact) mass is 194 g/mol. The van der Waals surface area contributed by atoms with E-state index in [0.717, 1.165) is 12.4 Å². The first-order chi connectivity index (χ1) is 6.66. The van der Waals surface area contributed by atoms with Crippen molar-refractivity contribution >= 4 is 0 Å². The third kappa shape index (κ3) is 1.81. The molecule has 0 bridgehead atoms. The molecule has 1 aliphatic rings. The smallest absolute Gasteiger partial charge is 0.122 e. The lowest BCUT2D eigenvalue weighted by atomic mass is 10.1. The molecule has 78 valence electrons. The molecule has 0 aliphatic carbocycles. The number of likely N-dealkylation sites (N-methyl/N-ethyl adjacent to an activating group) is 1. The van der Waals surface area contributed by atoms with Gasteiger partial charge in [-0.2, -0.15) is 0 Å². The van der Waals surface area contributed by atoms with Crippen molar-refractivity contribution in [2.45, 2.75) is 25.3 Å². The van der Waals surface area contributed by atoms with Gasteiger partial charge >= 0.3 is 0 Å². The highest BCUT2D eigenvalue weighted by Gasteiger charge is 2.22. The molecule has 4 nitrogen and oxygen atoms in total. The van der Waals surface area contributed by atoms with E-state index < -0.39 is 0 Å². The lowest BCUT2D eigenvalue weighted by Crippen LogP contribution is -2.13. The predicted molar refractivity (Wildman–Crippen MR) is 56.0 cm³/mol. The molecule has 1 saturated heterocycles. The van der Waals surface area contributed by atoms with Crippen LogP contribution in [-0.4, -0.2) is 35.0 Å². The average molecular weight is 194 g/mol. The lowest BCUT2D eigenvalue weighted by molar-refractivity contribution is 0.411. The highest BCUT2D eigenvalue weighted by molar-refractivity contribution is 5.11. The Kier molecular flexibility index (Phi) is 2.56. The van der Waals surface area contributed by atoms with Gasteiger partial charge < -0.3 is 15.6 Å². The SMILES string of the molecule is CC(N)c1ncc(C2CCN(C)C2)[nH]1. The molecule has 4 heteroatoms. The molecule has 0 amide bonds. The van der Waals surface area contributed by atoms with Crippen LogP contribution >= 0.6 is 0 Å². The maximum absolute atomic E-state index is 5.75. The van der Waals surface area contributed by atoms with E-state index in [-0.39, 0.29) is 6.04 Å². The Hall–Kier alpha value is -0.870. The summed E-state index contributed by atoms with van der Waals surface area (Å²) >= 11 is 0. The summed E-state index contributed by atoms with van der Waals surface area (Å²) < 4.78 is 0. The number of rotatable bonds is 2. The maximum Gasteiger partial charge on any atom is 0.122 e. The van der Waals surface area contributed by atoms with Crippen LogP contribution in [0.1, 0.15) is 36.8 Å². The van der Waals surface area contributed by atoms with Gasteiger partial charge in [-0.1, -0.05) is 0 Å². The van der Waals surface area contributed by atoms with Crippen molar-refractivity contribution in [1.82, 2.24) is 14.9 Å². The second kappa shape index (κ2) is 3.71. The minimum absolute atomic E-state index is 0.00267. The number of hydrogen-bond acceptors (Lipinski definition) is 3. The van der Waals surface area contributed by atoms with Crippen molar-refractivity contribution in [3.63, 3.8) is 0 Å². The van der Waals surface area contributed by atoms with Crippen molar-refractivity contribution in [3.05, 3.63) is 17.7 Å². The van der Waals surface area contributed by atoms with Crippen LogP contribution in [0.3, 0.4) is 0 Å². The number of H-pyrrole nitrogens is 1. The molecule has 1 fully saturated rings. The molecule has 2 unspecified atom stereocenters. The fourth-order valence-corrected chi connectivity index (χ4v) is 1.98. The Balaban J connectivity index is 2.09. The summed E-state index contributed by atoms with van der Waals surface area (Å²) in [7, 11) is 2.16.